The standard InChI is InChI=1S/C48H61N3O13/c1-3-24-62-48-44(50(20-25-59-26-23-54)47(55)61-28-27-60-33-34-12-5-4-6-13-34)32-42(49-58-2)40-29-35(14-7-9-21-52)39(17-8-10-22-53)45(46(40)48)41-31-38(18-19-43(41)64-48)63-37-16-11-15-36(30-37)51(56)57/h3-6,11-13,15-16,18-19,29-31,35,39,44-46,52-54H,1,7-10,14,17,20-28,32-33H2,2H3. The molecule has 346 valence electrons. The number of allylic oxidation sites excluding steroid dienone is 1. The van der Waals surface area contributed by atoms with Crippen molar-refractivity contribution in [1.82, 2.24) is 4.90 Å². The van der Waals surface area contributed by atoms with Crippen molar-refractivity contribution in [3.8, 4) is 17.2 Å². The first-order chi connectivity index (χ1) is 31.3. The Morgan fingerprint density at radius 1 is 0.938 bits per heavy atom. The molecule has 16 nitrogen and oxygen atoms in total. The summed E-state index contributed by atoms with van der Waals surface area (Å²) in [5.74, 6) is -1.35. The van der Waals surface area contributed by atoms with Gasteiger partial charge in [-0.05, 0) is 72.9 Å². The minimum Gasteiger partial charge on any atom is -0.459 e. The number of nitrogens with zero attached hydrogens (tertiary/aromatic N) is 3. The molecule has 3 aromatic carbocycles. The van der Waals surface area contributed by atoms with Crippen LogP contribution in [0.25, 0.3) is 0 Å². The van der Waals surface area contributed by atoms with E-state index in [-0.39, 0.29) is 95.0 Å². The van der Waals surface area contributed by atoms with E-state index in [4.69, 9.17) is 33.3 Å². The van der Waals surface area contributed by atoms with E-state index in [0.717, 1.165) is 36.0 Å². The number of hydrogen-bond donors (Lipinski definition) is 3. The van der Waals surface area contributed by atoms with Crippen molar-refractivity contribution in [3.63, 3.8) is 0 Å². The fourth-order valence-corrected chi connectivity index (χ4v) is 9.36. The van der Waals surface area contributed by atoms with Gasteiger partial charge in [0.2, 0.25) is 5.79 Å². The highest BCUT2D eigenvalue weighted by Gasteiger charge is 2.65. The molecule has 2 aliphatic carbocycles. The lowest BCUT2D eigenvalue weighted by molar-refractivity contribution is -0.384. The zero-order valence-corrected chi connectivity index (χ0v) is 36.5. The van der Waals surface area contributed by atoms with Crippen LogP contribution in [0.15, 0.2) is 102 Å². The summed E-state index contributed by atoms with van der Waals surface area (Å²) in [5.41, 5.74) is 3.12. The highest BCUT2D eigenvalue weighted by molar-refractivity contribution is 6.03. The van der Waals surface area contributed by atoms with E-state index < -0.39 is 28.8 Å². The quantitative estimate of drug-likeness (QED) is 0.0314. The second-order valence-electron chi connectivity index (χ2n) is 16.0. The molecule has 3 N–H and O–H groups in total. The molecule has 1 amide bonds. The number of ether oxygens (including phenoxy) is 6. The van der Waals surface area contributed by atoms with Gasteiger partial charge in [-0.1, -0.05) is 66.5 Å². The topological polar surface area (TPSA) is 201 Å². The van der Waals surface area contributed by atoms with Gasteiger partial charge in [-0.3, -0.25) is 15.0 Å². The lowest BCUT2D eigenvalue weighted by Gasteiger charge is -2.59. The number of fused-ring (bicyclic) bond motifs is 2. The average Bonchev–Trinajstić information content (AvgIpc) is 3.30. The molecule has 6 atom stereocenters. The van der Waals surface area contributed by atoms with Crippen LogP contribution in [0.1, 0.15) is 62.0 Å². The number of oxime groups is 1. The second kappa shape index (κ2) is 24.1. The molecule has 6 rings (SSSR count). The van der Waals surface area contributed by atoms with Crippen molar-refractivity contribution in [2.45, 2.75) is 69.3 Å². The van der Waals surface area contributed by atoms with Crippen LogP contribution in [-0.2, 0) is 30.4 Å². The number of hydrogen-bond acceptors (Lipinski definition) is 14. The lowest BCUT2D eigenvalue weighted by atomic mass is 9.55. The first-order valence-electron chi connectivity index (χ1n) is 22.1. The number of carbonyl (C=O) groups excluding carboxylic acids is 1. The molecule has 1 heterocycles. The minimum atomic E-state index is -1.56. The number of benzene rings is 3. The summed E-state index contributed by atoms with van der Waals surface area (Å²) in [7, 11) is 1.48. The number of aliphatic hydroxyl groups is 3. The zero-order chi connectivity index (χ0) is 45.3. The SMILES string of the molecule is C=CCOC12Oc3ccc(Oc4cccc([N+](=O)[O-])c4)cc3C3C(CCCCO)C(CCCCO)C=C(C(=NOC)CC1N(CCOCCO)C(=O)OCCOCc1ccccc1)C32. The summed E-state index contributed by atoms with van der Waals surface area (Å²) in [5, 5.41) is 45.6. The molecule has 0 radical (unpaired) electrons. The van der Waals surface area contributed by atoms with Gasteiger partial charge in [0.1, 0.15) is 37.0 Å². The normalized spacial score (nSPS) is 22.7. The molecule has 1 saturated carbocycles. The lowest BCUT2D eigenvalue weighted by Crippen LogP contribution is -2.70. The first-order valence-corrected chi connectivity index (χ1v) is 22.1. The Morgan fingerprint density at radius 3 is 2.45 bits per heavy atom. The molecule has 1 fully saturated rings. The molecule has 6 unspecified atom stereocenters. The van der Waals surface area contributed by atoms with Crippen LogP contribution in [0, 0.1) is 27.9 Å². The van der Waals surface area contributed by atoms with E-state index in [1.54, 1.807) is 35.2 Å². The monoisotopic (exact) mass is 887 g/mol. The maximum Gasteiger partial charge on any atom is 0.410 e. The van der Waals surface area contributed by atoms with Crippen LogP contribution in [0.2, 0.25) is 0 Å². The fourth-order valence-electron chi connectivity index (χ4n) is 9.36. The fraction of sp³-hybridized carbons (Fsp3) is 0.500. The summed E-state index contributed by atoms with van der Waals surface area (Å²) >= 11 is 0. The molecular weight excluding hydrogens is 827 g/mol. The molecule has 1 aliphatic heterocycles. The van der Waals surface area contributed by atoms with Crippen molar-refractivity contribution < 1.29 is 58.3 Å². The van der Waals surface area contributed by atoms with E-state index in [1.165, 1.54) is 19.2 Å². The van der Waals surface area contributed by atoms with E-state index in [1.807, 2.05) is 36.4 Å². The number of amides is 1. The van der Waals surface area contributed by atoms with Crippen molar-refractivity contribution in [2.75, 3.05) is 66.5 Å². The molecule has 64 heavy (non-hydrogen) atoms. The third-order valence-electron chi connectivity index (χ3n) is 12.0. The van der Waals surface area contributed by atoms with Crippen molar-refractivity contribution in [2.24, 2.45) is 22.9 Å². The molecule has 0 saturated heterocycles. The smallest absolute Gasteiger partial charge is 0.410 e. The van der Waals surface area contributed by atoms with Gasteiger partial charge in [0.25, 0.3) is 5.69 Å². The van der Waals surface area contributed by atoms with Gasteiger partial charge in [0, 0.05) is 43.7 Å². The minimum absolute atomic E-state index is 0.00617. The van der Waals surface area contributed by atoms with E-state index in [2.05, 4.69) is 17.8 Å². The third kappa shape index (κ3) is 11.7. The van der Waals surface area contributed by atoms with Crippen LogP contribution in [-0.4, -0.2) is 115 Å². The highest BCUT2D eigenvalue weighted by atomic mass is 16.7. The predicted molar refractivity (Wildman–Crippen MR) is 237 cm³/mol. The van der Waals surface area contributed by atoms with Crippen LogP contribution < -0.4 is 9.47 Å². The average molecular weight is 888 g/mol. The first kappa shape index (κ1) is 48.1. The Balaban J connectivity index is 1.47. The molecule has 0 aromatic heterocycles. The molecular formula is C48H61N3O13. The van der Waals surface area contributed by atoms with Gasteiger partial charge < -0.3 is 48.6 Å². The maximum absolute atomic E-state index is 14.5. The van der Waals surface area contributed by atoms with E-state index >= 15 is 0 Å². The summed E-state index contributed by atoms with van der Waals surface area (Å²) in [4.78, 5) is 32.8. The number of rotatable bonds is 26. The molecule has 0 spiro atoms. The van der Waals surface area contributed by atoms with Crippen molar-refractivity contribution in [3.05, 3.63) is 118 Å². The largest absolute Gasteiger partial charge is 0.459 e. The zero-order valence-electron chi connectivity index (χ0n) is 36.5. The number of carbonyl (C=O) groups is 1. The molecule has 16 heteroatoms. The highest BCUT2D eigenvalue weighted by Crippen LogP contribution is 2.62. The van der Waals surface area contributed by atoms with Gasteiger partial charge in [0.15, 0.2) is 0 Å². The van der Waals surface area contributed by atoms with Crippen LogP contribution in [0.5, 0.6) is 17.2 Å². The van der Waals surface area contributed by atoms with Crippen molar-refractivity contribution >= 4 is 17.5 Å². The number of unbranched alkanes of at least 4 members (excludes halogenated alkanes) is 2. The van der Waals surface area contributed by atoms with E-state index in [0.29, 0.717) is 43.1 Å². The molecule has 3 aliphatic rings. The molecule has 0 bridgehead atoms. The van der Waals surface area contributed by atoms with Crippen LogP contribution >= 0.6 is 0 Å². The van der Waals surface area contributed by atoms with Gasteiger partial charge in [0.05, 0.1) is 62.3 Å². The Kier molecular flexibility index (Phi) is 18.1. The number of nitro benzene ring substituents is 1. The maximum atomic E-state index is 14.5. The van der Waals surface area contributed by atoms with Gasteiger partial charge >= 0.3 is 6.09 Å². The van der Waals surface area contributed by atoms with Gasteiger partial charge in [-0.25, -0.2) is 4.79 Å². The number of nitro groups is 1. The third-order valence-corrected chi connectivity index (χ3v) is 12.0. The predicted octanol–water partition coefficient (Wildman–Crippen LogP) is 7.31. The van der Waals surface area contributed by atoms with Gasteiger partial charge in [-0.2, -0.15) is 0 Å². The van der Waals surface area contributed by atoms with Gasteiger partial charge in [-0.15, -0.1) is 6.58 Å². The van der Waals surface area contributed by atoms with Crippen molar-refractivity contribution in [1.29, 1.82) is 0 Å². The Labute approximate surface area is 374 Å². The Morgan fingerprint density at radius 2 is 1.72 bits per heavy atom. The Hall–Kier alpha value is -5.36. The van der Waals surface area contributed by atoms with Crippen LogP contribution in [0.4, 0.5) is 10.5 Å². The Bertz CT molecular complexity index is 2050. The summed E-state index contributed by atoms with van der Waals surface area (Å²) in [6.45, 7) is 4.54. The second-order valence-corrected chi connectivity index (χ2v) is 16.0. The number of aliphatic hydroxyl groups excluding tert-OH is 3. The summed E-state index contributed by atoms with van der Waals surface area (Å²) in [6.07, 6.45) is 7.52. The summed E-state index contributed by atoms with van der Waals surface area (Å²) in [6, 6.07) is 20.2. The van der Waals surface area contributed by atoms with Crippen LogP contribution in [0.3, 0.4) is 0 Å². The summed E-state index contributed by atoms with van der Waals surface area (Å²) < 4.78 is 38.0. The molecule has 3 aromatic rings. The van der Waals surface area contributed by atoms with E-state index in [9.17, 15) is 30.2 Å². The number of non-ortho nitro benzene ring substituents is 1.